The van der Waals surface area contributed by atoms with Gasteiger partial charge in [0.25, 0.3) is 0 Å². The molecule has 1 fully saturated rings. The Kier molecular flexibility index (Phi) is 4.29. The Morgan fingerprint density at radius 3 is 2.40 bits per heavy atom. The maximum Gasteiger partial charge on any atom is 0.327 e. The van der Waals surface area contributed by atoms with Gasteiger partial charge in [0.2, 0.25) is 0 Å². The number of hydrogen-bond acceptors (Lipinski definition) is 6. The Morgan fingerprint density at radius 1 is 1.40 bits per heavy atom. The van der Waals surface area contributed by atoms with E-state index < -0.39 is 28.5 Å². The van der Waals surface area contributed by atoms with Crippen LogP contribution in [0.15, 0.2) is 0 Å². The molecule has 0 aliphatic heterocycles. The maximum atomic E-state index is 12.1. The van der Waals surface area contributed by atoms with Crippen molar-refractivity contribution < 1.29 is 19.1 Å². The third kappa shape index (κ3) is 2.18. The zero-order chi connectivity index (χ0) is 15.6. The zero-order valence-electron chi connectivity index (χ0n) is 11.7. The highest BCUT2D eigenvalue weighted by molar-refractivity contribution is 5.99. The van der Waals surface area contributed by atoms with Crippen molar-refractivity contribution in [1.29, 1.82) is 10.5 Å². The summed E-state index contributed by atoms with van der Waals surface area (Å²) < 4.78 is 4.88. The van der Waals surface area contributed by atoms with Crippen LogP contribution >= 0.6 is 0 Å². The number of ether oxygens (including phenoxy) is 1. The molecule has 6 heteroatoms. The molecule has 0 amide bonds. The van der Waals surface area contributed by atoms with E-state index in [1.807, 2.05) is 12.1 Å². The van der Waals surface area contributed by atoms with Gasteiger partial charge in [-0.25, -0.2) is 0 Å². The molecule has 0 N–H and O–H groups in total. The third-order valence-corrected chi connectivity index (χ3v) is 3.87. The molecule has 1 aliphatic carbocycles. The van der Waals surface area contributed by atoms with E-state index in [1.54, 1.807) is 6.92 Å². The highest BCUT2D eigenvalue weighted by atomic mass is 16.5. The molecule has 1 rings (SSSR count). The minimum atomic E-state index is -1.75. The van der Waals surface area contributed by atoms with Crippen LogP contribution in [-0.4, -0.2) is 24.1 Å². The number of carbonyl (C=O) groups excluding carboxylic acids is 3. The molecule has 106 valence electrons. The van der Waals surface area contributed by atoms with Crippen molar-refractivity contribution >= 4 is 17.5 Å². The van der Waals surface area contributed by atoms with Crippen molar-refractivity contribution in [3.63, 3.8) is 0 Å². The van der Waals surface area contributed by atoms with Gasteiger partial charge in [-0.3, -0.25) is 9.59 Å². The molecule has 1 aliphatic rings. The smallest absolute Gasteiger partial charge is 0.327 e. The predicted molar refractivity (Wildman–Crippen MR) is 66.8 cm³/mol. The largest absolute Gasteiger partial charge is 0.465 e. The van der Waals surface area contributed by atoms with Crippen molar-refractivity contribution in [2.24, 2.45) is 16.7 Å². The molecule has 0 aromatic heterocycles. The summed E-state index contributed by atoms with van der Waals surface area (Å²) in [5, 5.41) is 18.7. The Morgan fingerprint density at radius 2 is 2.00 bits per heavy atom. The third-order valence-electron chi connectivity index (χ3n) is 3.87. The number of hydrogen-bond donors (Lipinski definition) is 0. The van der Waals surface area contributed by atoms with Crippen LogP contribution in [-0.2, 0) is 19.1 Å². The molecule has 0 aromatic rings. The molecular weight excluding hydrogens is 260 g/mol. The van der Waals surface area contributed by atoms with Crippen LogP contribution in [0.5, 0.6) is 0 Å². The van der Waals surface area contributed by atoms with Crippen molar-refractivity contribution in [3.8, 4) is 12.1 Å². The number of nitriles is 2. The van der Waals surface area contributed by atoms with E-state index >= 15 is 0 Å². The summed E-state index contributed by atoms with van der Waals surface area (Å²) in [6, 6.07) is 3.71. The van der Waals surface area contributed by atoms with Crippen molar-refractivity contribution in [2.45, 2.75) is 33.6 Å². The van der Waals surface area contributed by atoms with Gasteiger partial charge >= 0.3 is 5.97 Å². The molecule has 0 bridgehead atoms. The van der Waals surface area contributed by atoms with Gasteiger partial charge in [0.15, 0.2) is 11.2 Å². The second kappa shape index (κ2) is 5.42. The average Bonchev–Trinajstić information content (AvgIpc) is 2.61. The van der Waals surface area contributed by atoms with Crippen molar-refractivity contribution in [2.75, 3.05) is 6.61 Å². The number of rotatable bonds is 4. The van der Waals surface area contributed by atoms with E-state index in [9.17, 15) is 24.9 Å². The highest BCUT2D eigenvalue weighted by Crippen LogP contribution is 2.53. The van der Waals surface area contributed by atoms with Crippen LogP contribution in [0.2, 0.25) is 0 Å². The summed E-state index contributed by atoms with van der Waals surface area (Å²) in [5.74, 6) is -2.59. The van der Waals surface area contributed by atoms with E-state index in [1.165, 1.54) is 13.8 Å². The minimum Gasteiger partial charge on any atom is -0.465 e. The lowest BCUT2D eigenvalue weighted by Gasteiger charge is -2.30. The van der Waals surface area contributed by atoms with Crippen LogP contribution in [0.1, 0.15) is 33.6 Å². The van der Waals surface area contributed by atoms with E-state index in [0.717, 1.165) is 0 Å². The van der Waals surface area contributed by atoms with Gasteiger partial charge in [-0.15, -0.1) is 0 Å². The van der Waals surface area contributed by atoms with Gasteiger partial charge < -0.3 is 9.53 Å². The fraction of sp³-hybridized carbons (Fsp3) is 0.643. The van der Waals surface area contributed by atoms with E-state index in [2.05, 4.69) is 0 Å². The molecule has 0 unspecified atom stereocenters. The van der Waals surface area contributed by atoms with Crippen LogP contribution in [0, 0.1) is 39.4 Å². The summed E-state index contributed by atoms with van der Waals surface area (Å²) in [6.45, 7) is 4.32. The summed E-state index contributed by atoms with van der Waals surface area (Å²) in [5.41, 5.74) is -3.27. The number of ketones is 2. The monoisotopic (exact) mass is 276 g/mol. The first kappa shape index (κ1) is 15.8. The average molecular weight is 276 g/mol. The molecule has 0 spiro atoms. The molecular formula is C14H16N2O4. The Labute approximate surface area is 117 Å². The zero-order valence-corrected chi connectivity index (χ0v) is 11.7. The van der Waals surface area contributed by atoms with Gasteiger partial charge in [-0.1, -0.05) is 0 Å². The SMILES string of the molecule is CCOC(=O)[C@]1(C#N)CC(=O)[C@@](C)(C#N)[C@H]1CC(C)=O. The van der Waals surface area contributed by atoms with Crippen LogP contribution in [0.25, 0.3) is 0 Å². The molecule has 3 atom stereocenters. The highest BCUT2D eigenvalue weighted by Gasteiger charge is 2.65. The topological polar surface area (TPSA) is 108 Å². The maximum absolute atomic E-state index is 12.1. The molecule has 1 saturated carbocycles. The summed E-state index contributed by atoms with van der Waals surface area (Å²) in [6.07, 6.45) is -0.563. The van der Waals surface area contributed by atoms with E-state index in [4.69, 9.17) is 4.74 Å². The summed E-state index contributed by atoms with van der Waals surface area (Å²) in [7, 11) is 0. The number of nitrogens with zero attached hydrogens (tertiary/aromatic N) is 2. The molecule has 0 heterocycles. The first-order chi connectivity index (χ1) is 9.28. The molecule has 0 radical (unpaired) electrons. The van der Waals surface area contributed by atoms with Gasteiger partial charge in [0, 0.05) is 18.8 Å². The number of carbonyl (C=O) groups is 3. The minimum absolute atomic E-state index is 0.0620. The predicted octanol–water partition coefficient (Wildman–Crippen LogP) is 1.16. The van der Waals surface area contributed by atoms with Crippen molar-refractivity contribution in [3.05, 3.63) is 0 Å². The Hall–Kier alpha value is -2.21. The first-order valence-electron chi connectivity index (χ1n) is 6.31. The molecule has 0 aromatic carbocycles. The fourth-order valence-electron chi connectivity index (χ4n) is 2.69. The molecule has 6 nitrogen and oxygen atoms in total. The van der Waals surface area contributed by atoms with E-state index in [0.29, 0.717) is 0 Å². The summed E-state index contributed by atoms with van der Waals surface area (Å²) >= 11 is 0. The van der Waals surface area contributed by atoms with Gasteiger partial charge in [0.05, 0.1) is 18.7 Å². The fourth-order valence-corrected chi connectivity index (χ4v) is 2.69. The van der Waals surface area contributed by atoms with Gasteiger partial charge in [-0.05, 0) is 20.8 Å². The summed E-state index contributed by atoms with van der Waals surface area (Å²) in [4.78, 5) is 35.6. The second-order valence-corrected chi connectivity index (χ2v) is 5.18. The van der Waals surface area contributed by atoms with E-state index in [-0.39, 0.29) is 25.2 Å². The Balaban J connectivity index is 3.40. The van der Waals surface area contributed by atoms with Crippen LogP contribution in [0.3, 0.4) is 0 Å². The Bertz CT molecular complexity index is 542. The molecule has 20 heavy (non-hydrogen) atoms. The molecule has 0 saturated heterocycles. The first-order valence-corrected chi connectivity index (χ1v) is 6.31. The van der Waals surface area contributed by atoms with Crippen LogP contribution in [0.4, 0.5) is 0 Å². The second-order valence-electron chi connectivity index (χ2n) is 5.18. The number of esters is 1. The number of Topliss-reactive ketones (excluding diaryl/α,β-unsaturated/α-hetero) is 2. The van der Waals surface area contributed by atoms with Crippen molar-refractivity contribution in [1.82, 2.24) is 0 Å². The quantitative estimate of drug-likeness (QED) is 0.713. The lowest BCUT2D eigenvalue weighted by molar-refractivity contribution is -0.155. The lowest BCUT2D eigenvalue weighted by Crippen LogP contribution is -2.40. The van der Waals surface area contributed by atoms with Crippen LogP contribution < -0.4 is 0 Å². The standard InChI is InChI=1S/C14H16N2O4/c1-4-20-12(19)14(8-16)6-11(18)13(3,7-15)10(14)5-9(2)17/h10H,4-6H2,1-3H3/t10-,13+,14+/m1/s1. The van der Waals surface area contributed by atoms with Gasteiger partial charge in [0.1, 0.15) is 11.2 Å². The normalized spacial score (nSPS) is 32.2. The van der Waals surface area contributed by atoms with Gasteiger partial charge in [-0.2, -0.15) is 10.5 Å². The lowest BCUT2D eigenvalue weighted by atomic mass is 9.68.